The van der Waals surface area contributed by atoms with Crippen LogP contribution in [0.15, 0.2) is 102 Å². The van der Waals surface area contributed by atoms with E-state index in [2.05, 4.69) is 5.32 Å². The maximum Gasteiger partial charge on any atom is 0.264 e. The highest BCUT2D eigenvalue weighted by atomic mass is 35.5. The molecule has 9 nitrogen and oxygen atoms in total. The lowest BCUT2D eigenvalue weighted by molar-refractivity contribution is -0.140. The van der Waals surface area contributed by atoms with Crippen molar-refractivity contribution >= 4 is 39.1 Å². The Bertz CT molecular complexity index is 1850. The predicted molar refractivity (Wildman–Crippen MR) is 187 cm³/mol. The molecule has 49 heavy (non-hydrogen) atoms. The van der Waals surface area contributed by atoms with Gasteiger partial charge in [0.25, 0.3) is 10.0 Å². The molecular weight excluding hydrogens is 669 g/mol. The van der Waals surface area contributed by atoms with E-state index in [0.717, 1.165) is 47.7 Å². The van der Waals surface area contributed by atoms with Crippen molar-refractivity contribution in [1.82, 2.24) is 10.2 Å². The van der Waals surface area contributed by atoms with Crippen molar-refractivity contribution in [2.75, 3.05) is 25.1 Å². The zero-order valence-electron chi connectivity index (χ0n) is 27.4. The second kappa shape index (κ2) is 16.2. The van der Waals surface area contributed by atoms with E-state index in [0.29, 0.717) is 16.3 Å². The topological polar surface area (TPSA) is 105 Å². The van der Waals surface area contributed by atoms with E-state index in [1.807, 2.05) is 30.3 Å². The summed E-state index contributed by atoms with van der Waals surface area (Å²) in [6.45, 7) is -0.767. The molecule has 258 valence electrons. The Balaban J connectivity index is 1.59. The Kier molecular flexibility index (Phi) is 11.8. The van der Waals surface area contributed by atoms with Gasteiger partial charge in [-0.25, -0.2) is 12.8 Å². The fraction of sp³-hybridized carbons (Fsp3) is 0.297. The lowest BCUT2D eigenvalue weighted by Crippen LogP contribution is -2.54. The van der Waals surface area contributed by atoms with Crippen LogP contribution in [0, 0.1) is 5.82 Å². The fourth-order valence-corrected chi connectivity index (χ4v) is 7.60. The van der Waals surface area contributed by atoms with Crippen LogP contribution < -0.4 is 19.1 Å². The molecule has 0 unspecified atom stereocenters. The Hall–Kier alpha value is -4.61. The summed E-state index contributed by atoms with van der Waals surface area (Å²) in [5.74, 6) is -1.09. The van der Waals surface area contributed by atoms with Crippen molar-refractivity contribution in [3.05, 3.63) is 119 Å². The van der Waals surface area contributed by atoms with E-state index in [4.69, 9.17) is 21.1 Å². The van der Waals surface area contributed by atoms with E-state index < -0.39 is 34.3 Å². The molecule has 1 fully saturated rings. The number of ether oxygens (including phenoxy) is 2. The van der Waals surface area contributed by atoms with Crippen molar-refractivity contribution in [3.63, 3.8) is 0 Å². The lowest BCUT2D eigenvalue weighted by atomic mass is 10.0. The van der Waals surface area contributed by atoms with Crippen molar-refractivity contribution in [2.45, 2.75) is 55.6 Å². The first-order chi connectivity index (χ1) is 23.6. The molecule has 2 amide bonds. The standard InChI is InChI=1S/C37H39ClFN3O6S/c1-47-34-21-20-31(23-35(34)48-2)49(45,46)42(30-18-16-28(39)17-19-30)25-36(43)41(24-27-12-6-9-15-32(27)38)33(22-26-10-4-3-5-11-26)37(44)40-29-13-7-8-14-29/h3-6,9-12,15-21,23,29,33H,7-8,13-14,22,24-25H2,1-2H3,(H,40,44)/t33-/m0/s1. The maximum absolute atomic E-state index is 14.7. The third kappa shape index (κ3) is 8.71. The van der Waals surface area contributed by atoms with Gasteiger partial charge in [0.05, 0.1) is 24.8 Å². The van der Waals surface area contributed by atoms with Gasteiger partial charge in [-0.15, -0.1) is 0 Å². The van der Waals surface area contributed by atoms with Crippen LogP contribution in [0.2, 0.25) is 5.02 Å². The van der Waals surface area contributed by atoms with Gasteiger partial charge in [0, 0.05) is 30.1 Å². The summed E-state index contributed by atoms with van der Waals surface area (Å²) in [7, 11) is -1.65. The number of hydrogen-bond donors (Lipinski definition) is 1. The molecular formula is C37H39ClFN3O6S. The molecule has 4 aromatic carbocycles. The summed E-state index contributed by atoms with van der Waals surface area (Å²) in [6.07, 6.45) is 3.84. The minimum absolute atomic E-state index is 0.0239. The second-order valence-electron chi connectivity index (χ2n) is 11.8. The number of nitrogens with zero attached hydrogens (tertiary/aromatic N) is 2. The average molecular weight is 708 g/mol. The first-order valence-electron chi connectivity index (χ1n) is 16.0. The first kappa shape index (κ1) is 35.7. The summed E-state index contributed by atoms with van der Waals surface area (Å²) in [6, 6.07) is 24.2. The average Bonchev–Trinajstić information content (AvgIpc) is 3.63. The van der Waals surface area contributed by atoms with Crippen LogP contribution in [0.25, 0.3) is 0 Å². The van der Waals surface area contributed by atoms with Crippen LogP contribution in [-0.4, -0.2) is 58.0 Å². The van der Waals surface area contributed by atoms with Crippen molar-refractivity contribution in [2.24, 2.45) is 0 Å². The minimum atomic E-state index is -4.46. The number of halogens is 2. The number of sulfonamides is 1. The van der Waals surface area contributed by atoms with Crippen LogP contribution in [0.5, 0.6) is 11.5 Å². The van der Waals surface area contributed by atoms with E-state index in [1.54, 1.807) is 24.3 Å². The Morgan fingerprint density at radius 1 is 0.898 bits per heavy atom. The summed E-state index contributed by atoms with van der Waals surface area (Å²) in [5.41, 5.74) is 1.46. The number of anilines is 1. The van der Waals surface area contributed by atoms with Gasteiger partial charge in [-0.3, -0.25) is 13.9 Å². The lowest BCUT2D eigenvalue weighted by Gasteiger charge is -2.34. The Morgan fingerprint density at radius 3 is 2.20 bits per heavy atom. The van der Waals surface area contributed by atoms with Gasteiger partial charge in [0.15, 0.2) is 11.5 Å². The quantitative estimate of drug-likeness (QED) is 0.163. The van der Waals surface area contributed by atoms with Gasteiger partial charge in [0.1, 0.15) is 18.4 Å². The predicted octanol–water partition coefficient (Wildman–Crippen LogP) is 6.39. The molecule has 1 aliphatic rings. The molecule has 0 heterocycles. The highest BCUT2D eigenvalue weighted by Gasteiger charge is 2.36. The molecule has 5 rings (SSSR count). The summed E-state index contributed by atoms with van der Waals surface area (Å²) >= 11 is 6.57. The third-order valence-electron chi connectivity index (χ3n) is 8.61. The molecule has 0 bridgehead atoms. The smallest absolute Gasteiger partial charge is 0.264 e. The molecule has 1 atom stereocenters. The number of nitrogens with one attached hydrogen (secondary N) is 1. The maximum atomic E-state index is 14.7. The number of carbonyl (C=O) groups is 2. The van der Waals surface area contributed by atoms with Gasteiger partial charge in [-0.2, -0.15) is 0 Å². The normalized spacial score (nSPS) is 13.8. The number of benzene rings is 4. The molecule has 1 aliphatic carbocycles. The summed E-state index contributed by atoms with van der Waals surface area (Å²) in [5, 5.41) is 3.53. The highest BCUT2D eigenvalue weighted by Crippen LogP contribution is 2.33. The molecule has 1 N–H and O–H groups in total. The van der Waals surface area contributed by atoms with Gasteiger partial charge in [-0.1, -0.05) is 73.0 Å². The number of methoxy groups -OCH3 is 2. The van der Waals surface area contributed by atoms with E-state index in [9.17, 15) is 22.4 Å². The summed E-state index contributed by atoms with van der Waals surface area (Å²) < 4.78 is 54.3. The van der Waals surface area contributed by atoms with E-state index in [-0.39, 0.29) is 41.2 Å². The molecule has 0 saturated heterocycles. The molecule has 12 heteroatoms. The number of carbonyl (C=O) groups excluding carboxylic acids is 2. The van der Waals surface area contributed by atoms with Crippen LogP contribution in [-0.2, 0) is 32.6 Å². The molecule has 0 aliphatic heterocycles. The Labute approximate surface area is 291 Å². The zero-order chi connectivity index (χ0) is 35.0. The monoisotopic (exact) mass is 707 g/mol. The molecule has 0 radical (unpaired) electrons. The minimum Gasteiger partial charge on any atom is -0.493 e. The zero-order valence-corrected chi connectivity index (χ0v) is 28.9. The molecule has 0 aromatic heterocycles. The fourth-order valence-electron chi connectivity index (χ4n) is 5.97. The van der Waals surface area contributed by atoms with E-state index >= 15 is 0 Å². The van der Waals surface area contributed by atoms with Crippen LogP contribution in [0.3, 0.4) is 0 Å². The third-order valence-corrected chi connectivity index (χ3v) is 10.7. The molecule has 4 aromatic rings. The van der Waals surface area contributed by atoms with Gasteiger partial charge >= 0.3 is 0 Å². The largest absolute Gasteiger partial charge is 0.493 e. The van der Waals surface area contributed by atoms with Crippen molar-refractivity contribution in [1.29, 1.82) is 0 Å². The molecule has 1 saturated carbocycles. The molecule has 0 spiro atoms. The number of amides is 2. The summed E-state index contributed by atoms with van der Waals surface area (Å²) in [4.78, 5) is 30.0. The first-order valence-corrected chi connectivity index (χ1v) is 17.8. The number of hydrogen-bond acceptors (Lipinski definition) is 6. The van der Waals surface area contributed by atoms with Crippen LogP contribution >= 0.6 is 11.6 Å². The van der Waals surface area contributed by atoms with Crippen molar-refractivity contribution < 1.29 is 31.9 Å². The van der Waals surface area contributed by atoms with Crippen LogP contribution in [0.4, 0.5) is 10.1 Å². The van der Waals surface area contributed by atoms with Gasteiger partial charge < -0.3 is 19.7 Å². The van der Waals surface area contributed by atoms with Gasteiger partial charge in [0.2, 0.25) is 11.8 Å². The Morgan fingerprint density at radius 2 is 1.55 bits per heavy atom. The highest BCUT2D eigenvalue weighted by molar-refractivity contribution is 7.92. The number of rotatable bonds is 14. The van der Waals surface area contributed by atoms with Crippen molar-refractivity contribution in [3.8, 4) is 11.5 Å². The van der Waals surface area contributed by atoms with E-state index in [1.165, 1.54) is 49.5 Å². The second-order valence-corrected chi connectivity index (χ2v) is 14.1. The van der Waals surface area contributed by atoms with Gasteiger partial charge in [-0.05, 0) is 66.4 Å². The van der Waals surface area contributed by atoms with Crippen LogP contribution in [0.1, 0.15) is 36.8 Å². The SMILES string of the molecule is COc1ccc(S(=O)(=O)N(CC(=O)N(Cc2ccccc2Cl)[C@@H](Cc2ccccc2)C(=O)NC2CCCC2)c2ccc(F)cc2)cc1OC.